The van der Waals surface area contributed by atoms with E-state index in [1.807, 2.05) is 6.07 Å². The number of nitrogen functional groups attached to an aromatic ring is 1. The smallest absolute Gasteiger partial charge is 0.174 e. The van der Waals surface area contributed by atoms with Crippen LogP contribution in [0.4, 0.5) is 5.69 Å². The number of hydrogen-bond acceptors (Lipinski definition) is 4. The molecule has 5 heteroatoms. The molecular weight excluding hydrogens is 260 g/mol. The Kier molecular flexibility index (Phi) is 3.69. The fraction of sp³-hybridized carbons (Fsp3) is 0.200. The van der Waals surface area contributed by atoms with Crippen LogP contribution in [0.5, 0.6) is 5.75 Å². The molecule has 0 aliphatic heterocycles. The first-order chi connectivity index (χ1) is 7.13. The van der Waals surface area contributed by atoms with E-state index in [1.165, 1.54) is 19.2 Å². The molecule has 4 nitrogen and oxygen atoms in total. The van der Waals surface area contributed by atoms with Crippen molar-refractivity contribution in [1.29, 1.82) is 5.26 Å². The van der Waals surface area contributed by atoms with Gasteiger partial charge in [-0.2, -0.15) is 5.26 Å². The van der Waals surface area contributed by atoms with Gasteiger partial charge in [-0.1, -0.05) is 15.9 Å². The van der Waals surface area contributed by atoms with Crippen LogP contribution in [0.1, 0.15) is 15.9 Å². The third-order valence-corrected chi connectivity index (χ3v) is 2.42. The average Bonchev–Trinajstić information content (AvgIpc) is 2.27. The Morgan fingerprint density at radius 3 is 2.80 bits per heavy atom. The Morgan fingerprint density at radius 1 is 1.67 bits per heavy atom. The second-order valence-corrected chi connectivity index (χ2v) is 3.37. The molecule has 2 N–H and O–H groups in total. The van der Waals surface area contributed by atoms with Gasteiger partial charge in [0.25, 0.3) is 0 Å². The van der Waals surface area contributed by atoms with E-state index >= 15 is 0 Å². The van der Waals surface area contributed by atoms with Crippen LogP contribution >= 0.6 is 15.9 Å². The van der Waals surface area contributed by atoms with E-state index in [2.05, 4.69) is 15.9 Å². The highest BCUT2D eigenvalue weighted by molar-refractivity contribution is 9.09. The molecule has 15 heavy (non-hydrogen) atoms. The monoisotopic (exact) mass is 268 g/mol. The van der Waals surface area contributed by atoms with Crippen molar-refractivity contribution in [3.63, 3.8) is 0 Å². The molecular formula is C10H9BrN2O2. The van der Waals surface area contributed by atoms with E-state index in [9.17, 15) is 4.79 Å². The van der Waals surface area contributed by atoms with Crippen molar-refractivity contribution in [2.45, 2.75) is 0 Å². The molecule has 0 amide bonds. The Balaban J connectivity index is 3.37. The zero-order chi connectivity index (χ0) is 11.4. The number of Topliss-reactive ketones (excluding diaryl/α,β-unsaturated/α-hetero) is 1. The van der Waals surface area contributed by atoms with Crippen LogP contribution in [0.2, 0.25) is 0 Å². The van der Waals surface area contributed by atoms with Crippen molar-refractivity contribution < 1.29 is 9.53 Å². The third kappa shape index (κ3) is 2.28. The maximum absolute atomic E-state index is 11.5. The van der Waals surface area contributed by atoms with Gasteiger partial charge in [0.15, 0.2) is 5.78 Å². The SMILES string of the molecule is COc1cc(C(=O)CBr)c(C#N)cc1N. The Morgan fingerprint density at radius 2 is 2.33 bits per heavy atom. The van der Waals surface area contributed by atoms with Gasteiger partial charge in [0.05, 0.1) is 29.8 Å². The first kappa shape index (κ1) is 11.5. The third-order valence-electron chi connectivity index (χ3n) is 1.91. The molecule has 0 unspecified atom stereocenters. The normalized spacial score (nSPS) is 9.40. The molecule has 0 aromatic heterocycles. The van der Waals surface area contributed by atoms with E-state index in [0.29, 0.717) is 17.0 Å². The number of carbonyl (C=O) groups is 1. The quantitative estimate of drug-likeness (QED) is 0.515. The van der Waals surface area contributed by atoms with Crippen molar-refractivity contribution in [1.82, 2.24) is 0 Å². The molecule has 78 valence electrons. The van der Waals surface area contributed by atoms with Crippen LogP contribution in [-0.4, -0.2) is 18.2 Å². The fourth-order valence-electron chi connectivity index (χ4n) is 1.17. The summed E-state index contributed by atoms with van der Waals surface area (Å²) in [4.78, 5) is 11.5. The predicted molar refractivity (Wildman–Crippen MR) is 60.2 cm³/mol. The summed E-state index contributed by atoms with van der Waals surface area (Å²) in [7, 11) is 1.46. The number of nitrogens with two attached hydrogens (primary N) is 1. The fourth-order valence-corrected chi connectivity index (χ4v) is 1.47. The molecule has 0 atom stereocenters. The van der Waals surface area contributed by atoms with Gasteiger partial charge < -0.3 is 10.5 Å². The number of nitriles is 1. The number of methoxy groups -OCH3 is 1. The number of nitrogens with zero attached hydrogens (tertiary/aromatic N) is 1. The van der Waals surface area contributed by atoms with Crippen LogP contribution in [0.25, 0.3) is 0 Å². The highest BCUT2D eigenvalue weighted by Crippen LogP contribution is 2.26. The number of carbonyl (C=O) groups excluding carboxylic acids is 1. The van der Waals surface area contributed by atoms with Gasteiger partial charge in [-0.25, -0.2) is 0 Å². The Labute approximate surface area is 95.8 Å². The van der Waals surface area contributed by atoms with Gasteiger partial charge in [-0.05, 0) is 12.1 Å². The topological polar surface area (TPSA) is 76.1 Å². The summed E-state index contributed by atoms with van der Waals surface area (Å²) in [6, 6.07) is 4.85. The van der Waals surface area contributed by atoms with E-state index in [0.717, 1.165) is 0 Å². The molecule has 0 aliphatic rings. The molecule has 1 aromatic carbocycles. The van der Waals surface area contributed by atoms with E-state index in [-0.39, 0.29) is 16.7 Å². The van der Waals surface area contributed by atoms with Crippen LogP contribution < -0.4 is 10.5 Å². The molecule has 1 rings (SSSR count). The van der Waals surface area contributed by atoms with Gasteiger partial charge >= 0.3 is 0 Å². The van der Waals surface area contributed by atoms with Crippen molar-refractivity contribution in [2.75, 3.05) is 18.2 Å². The summed E-state index contributed by atoms with van der Waals surface area (Å²) in [6.45, 7) is 0. The van der Waals surface area contributed by atoms with Crippen LogP contribution in [-0.2, 0) is 0 Å². The van der Waals surface area contributed by atoms with Gasteiger partial charge in [0.2, 0.25) is 0 Å². The zero-order valence-corrected chi connectivity index (χ0v) is 9.67. The minimum atomic E-state index is -0.176. The molecule has 0 saturated carbocycles. The molecule has 0 spiro atoms. The second kappa shape index (κ2) is 4.80. The van der Waals surface area contributed by atoms with E-state index in [1.54, 1.807) is 0 Å². The highest BCUT2D eigenvalue weighted by Gasteiger charge is 2.13. The predicted octanol–water partition coefficient (Wildman–Crippen LogP) is 1.73. The number of ketones is 1. The molecule has 0 radical (unpaired) electrons. The molecule has 0 saturated heterocycles. The Bertz CT molecular complexity index is 438. The summed E-state index contributed by atoms with van der Waals surface area (Å²) in [5.41, 5.74) is 6.55. The average molecular weight is 269 g/mol. The molecule has 0 bridgehead atoms. The minimum Gasteiger partial charge on any atom is -0.495 e. The zero-order valence-electron chi connectivity index (χ0n) is 8.08. The number of benzene rings is 1. The van der Waals surface area contributed by atoms with Gasteiger partial charge in [-0.15, -0.1) is 0 Å². The van der Waals surface area contributed by atoms with Crippen LogP contribution in [0.15, 0.2) is 12.1 Å². The number of anilines is 1. The van der Waals surface area contributed by atoms with Crippen LogP contribution in [0, 0.1) is 11.3 Å². The largest absolute Gasteiger partial charge is 0.495 e. The lowest BCUT2D eigenvalue weighted by atomic mass is 10.0. The number of ether oxygens (including phenoxy) is 1. The number of halogens is 1. The van der Waals surface area contributed by atoms with Crippen molar-refractivity contribution in [3.05, 3.63) is 23.3 Å². The first-order valence-electron chi connectivity index (χ1n) is 4.10. The van der Waals surface area contributed by atoms with Crippen LogP contribution in [0.3, 0.4) is 0 Å². The van der Waals surface area contributed by atoms with Crippen molar-refractivity contribution >= 4 is 27.4 Å². The van der Waals surface area contributed by atoms with Gasteiger partial charge in [-0.3, -0.25) is 4.79 Å². The summed E-state index contributed by atoms with van der Waals surface area (Å²) in [6.07, 6.45) is 0. The lowest BCUT2D eigenvalue weighted by Gasteiger charge is -2.07. The minimum absolute atomic E-state index is 0.161. The number of hydrogen-bond donors (Lipinski definition) is 1. The summed E-state index contributed by atoms with van der Waals surface area (Å²) in [5, 5.41) is 9.00. The summed E-state index contributed by atoms with van der Waals surface area (Å²) in [5.74, 6) is 0.225. The molecule has 0 aliphatic carbocycles. The van der Waals surface area contributed by atoms with Gasteiger partial charge in [0.1, 0.15) is 5.75 Å². The number of rotatable bonds is 3. The summed E-state index contributed by atoms with van der Waals surface area (Å²) >= 11 is 3.05. The second-order valence-electron chi connectivity index (χ2n) is 2.81. The van der Waals surface area contributed by atoms with Gasteiger partial charge in [0, 0.05) is 5.56 Å². The van der Waals surface area contributed by atoms with Crippen molar-refractivity contribution in [2.24, 2.45) is 0 Å². The summed E-state index contributed by atoms with van der Waals surface area (Å²) < 4.78 is 4.98. The lowest BCUT2D eigenvalue weighted by Crippen LogP contribution is -2.05. The number of alkyl halides is 1. The lowest BCUT2D eigenvalue weighted by molar-refractivity contribution is 0.102. The van der Waals surface area contributed by atoms with E-state index < -0.39 is 0 Å². The standard InChI is InChI=1S/C10H9BrN2O2/c1-15-10-3-7(9(14)4-11)6(5-12)2-8(10)13/h2-3H,4,13H2,1H3. The first-order valence-corrected chi connectivity index (χ1v) is 5.23. The van der Waals surface area contributed by atoms with Crippen molar-refractivity contribution in [3.8, 4) is 11.8 Å². The molecule has 0 heterocycles. The van der Waals surface area contributed by atoms with E-state index in [4.69, 9.17) is 15.7 Å². The maximum Gasteiger partial charge on any atom is 0.174 e. The Hall–Kier alpha value is -1.54. The molecule has 1 aromatic rings. The molecule has 0 fully saturated rings. The maximum atomic E-state index is 11.5. The highest BCUT2D eigenvalue weighted by atomic mass is 79.9.